The van der Waals surface area contributed by atoms with Crippen molar-refractivity contribution in [2.45, 2.75) is 19.9 Å². The molecule has 0 radical (unpaired) electrons. The Morgan fingerprint density at radius 1 is 1.53 bits per heavy atom. The van der Waals surface area contributed by atoms with Crippen molar-refractivity contribution in [1.82, 2.24) is 5.32 Å². The normalized spacial score (nSPS) is 11.9. The van der Waals surface area contributed by atoms with Crippen LogP contribution in [0, 0.1) is 5.92 Å². The maximum atomic E-state index is 11.7. The first-order valence-electron chi connectivity index (χ1n) is 5.82. The van der Waals surface area contributed by atoms with Crippen molar-refractivity contribution in [3.63, 3.8) is 0 Å². The molecule has 0 aliphatic heterocycles. The number of nitrogens with one attached hydrogen (secondary N) is 1. The van der Waals surface area contributed by atoms with E-state index in [1.165, 1.54) is 0 Å². The largest absolute Gasteiger partial charge is 0.497 e. The van der Waals surface area contributed by atoms with Crippen LogP contribution in [-0.2, 0) is 11.3 Å². The number of carbonyl (C=O) groups excluding carboxylic acids is 1. The summed E-state index contributed by atoms with van der Waals surface area (Å²) in [4.78, 5) is 11.7. The molecule has 0 saturated carbocycles. The molecular formula is C13H20N2O2. The minimum atomic E-state index is -0.0967. The third-order valence-corrected chi connectivity index (χ3v) is 2.75. The Kier molecular flexibility index (Phi) is 5.49. The van der Waals surface area contributed by atoms with E-state index in [1.54, 1.807) is 7.11 Å². The lowest BCUT2D eigenvalue weighted by Crippen LogP contribution is -2.34. The van der Waals surface area contributed by atoms with Crippen LogP contribution in [0.3, 0.4) is 0 Å². The predicted octanol–water partition coefficient (Wildman–Crippen LogP) is 1.30. The Hall–Kier alpha value is -1.55. The third kappa shape index (κ3) is 4.07. The van der Waals surface area contributed by atoms with Gasteiger partial charge in [0.2, 0.25) is 5.91 Å². The van der Waals surface area contributed by atoms with Gasteiger partial charge in [-0.2, -0.15) is 0 Å². The highest BCUT2D eigenvalue weighted by molar-refractivity contribution is 5.78. The van der Waals surface area contributed by atoms with Crippen LogP contribution >= 0.6 is 0 Å². The summed E-state index contributed by atoms with van der Waals surface area (Å²) < 4.78 is 5.12. The van der Waals surface area contributed by atoms with Crippen molar-refractivity contribution in [3.8, 4) is 5.75 Å². The molecule has 17 heavy (non-hydrogen) atoms. The van der Waals surface area contributed by atoms with Gasteiger partial charge < -0.3 is 15.8 Å². The second-order valence-corrected chi connectivity index (χ2v) is 3.91. The lowest BCUT2D eigenvalue weighted by Gasteiger charge is -2.12. The van der Waals surface area contributed by atoms with Crippen LogP contribution in [0.15, 0.2) is 24.3 Å². The van der Waals surface area contributed by atoms with E-state index in [-0.39, 0.29) is 11.8 Å². The summed E-state index contributed by atoms with van der Waals surface area (Å²) in [5.74, 6) is 0.709. The fourth-order valence-corrected chi connectivity index (χ4v) is 1.58. The van der Waals surface area contributed by atoms with Gasteiger partial charge in [-0.15, -0.1) is 0 Å². The Labute approximate surface area is 102 Å². The van der Waals surface area contributed by atoms with Gasteiger partial charge in [0.1, 0.15) is 5.75 Å². The zero-order chi connectivity index (χ0) is 12.7. The Balaban J connectivity index is 2.52. The van der Waals surface area contributed by atoms with Gasteiger partial charge >= 0.3 is 0 Å². The monoisotopic (exact) mass is 236 g/mol. The molecule has 1 aromatic rings. The van der Waals surface area contributed by atoms with Gasteiger partial charge in [0, 0.05) is 19.0 Å². The molecule has 1 unspecified atom stereocenters. The van der Waals surface area contributed by atoms with Crippen molar-refractivity contribution < 1.29 is 9.53 Å². The lowest BCUT2D eigenvalue weighted by molar-refractivity contribution is -0.124. The zero-order valence-corrected chi connectivity index (χ0v) is 10.4. The van der Waals surface area contributed by atoms with Crippen LogP contribution in [0.2, 0.25) is 0 Å². The Bertz CT molecular complexity index is 362. The maximum Gasteiger partial charge on any atom is 0.224 e. The van der Waals surface area contributed by atoms with Crippen LogP contribution in [0.1, 0.15) is 18.9 Å². The van der Waals surface area contributed by atoms with Crippen LogP contribution < -0.4 is 15.8 Å². The van der Waals surface area contributed by atoms with Gasteiger partial charge in [0.25, 0.3) is 0 Å². The quantitative estimate of drug-likeness (QED) is 0.782. The number of carbonyl (C=O) groups is 1. The highest BCUT2D eigenvalue weighted by Gasteiger charge is 2.13. The second kappa shape index (κ2) is 6.91. The van der Waals surface area contributed by atoms with Crippen molar-refractivity contribution in [2.24, 2.45) is 11.7 Å². The van der Waals surface area contributed by atoms with Crippen molar-refractivity contribution in [1.29, 1.82) is 0 Å². The maximum absolute atomic E-state index is 11.7. The summed E-state index contributed by atoms with van der Waals surface area (Å²) in [6, 6.07) is 7.64. The van der Waals surface area contributed by atoms with Crippen molar-refractivity contribution in [2.75, 3.05) is 13.7 Å². The molecule has 0 saturated heterocycles. The number of amides is 1. The van der Waals surface area contributed by atoms with E-state index in [1.807, 2.05) is 31.2 Å². The Morgan fingerprint density at radius 3 is 2.88 bits per heavy atom. The third-order valence-electron chi connectivity index (χ3n) is 2.75. The van der Waals surface area contributed by atoms with Gasteiger partial charge in [-0.3, -0.25) is 4.79 Å². The molecule has 0 aliphatic carbocycles. The summed E-state index contributed by atoms with van der Waals surface area (Å²) >= 11 is 0. The Morgan fingerprint density at radius 2 is 2.29 bits per heavy atom. The number of methoxy groups -OCH3 is 1. The fourth-order valence-electron chi connectivity index (χ4n) is 1.58. The summed E-state index contributed by atoms with van der Waals surface area (Å²) in [6.07, 6.45) is 0.764. The van der Waals surface area contributed by atoms with E-state index in [0.717, 1.165) is 17.7 Å². The molecule has 0 heterocycles. The molecule has 1 aromatic carbocycles. The van der Waals surface area contributed by atoms with E-state index in [0.29, 0.717) is 13.1 Å². The van der Waals surface area contributed by atoms with Gasteiger partial charge in [-0.1, -0.05) is 19.1 Å². The van der Waals surface area contributed by atoms with Gasteiger partial charge in [0.15, 0.2) is 0 Å². The average molecular weight is 236 g/mol. The molecular weight excluding hydrogens is 216 g/mol. The number of ether oxygens (including phenoxy) is 1. The molecule has 4 nitrogen and oxygen atoms in total. The molecule has 1 amide bonds. The molecule has 0 aliphatic rings. The van der Waals surface area contributed by atoms with E-state index in [9.17, 15) is 4.79 Å². The molecule has 4 heteroatoms. The molecule has 0 spiro atoms. The predicted molar refractivity (Wildman–Crippen MR) is 67.7 cm³/mol. The summed E-state index contributed by atoms with van der Waals surface area (Å²) in [6.45, 7) is 2.86. The average Bonchev–Trinajstić information content (AvgIpc) is 2.38. The fraction of sp³-hybridized carbons (Fsp3) is 0.462. The summed E-state index contributed by atoms with van der Waals surface area (Å²) in [5.41, 5.74) is 6.54. The number of nitrogens with two attached hydrogens (primary N) is 1. The van der Waals surface area contributed by atoms with Crippen molar-refractivity contribution >= 4 is 5.91 Å². The molecule has 3 N–H and O–H groups in total. The first kappa shape index (κ1) is 13.5. The number of hydrogen-bond acceptors (Lipinski definition) is 3. The highest BCUT2D eigenvalue weighted by atomic mass is 16.5. The first-order chi connectivity index (χ1) is 8.21. The van der Waals surface area contributed by atoms with Gasteiger partial charge in [-0.25, -0.2) is 0 Å². The van der Waals surface area contributed by atoms with Crippen LogP contribution in [0.5, 0.6) is 5.75 Å². The summed E-state index contributed by atoms with van der Waals surface area (Å²) in [5, 5.41) is 2.88. The van der Waals surface area contributed by atoms with Crippen LogP contribution in [0.25, 0.3) is 0 Å². The number of hydrogen-bond donors (Lipinski definition) is 2. The van der Waals surface area contributed by atoms with E-state index in [4.69, 9.17) is 10.5 Å². The second-order valence-electron chi connectivity index (χ2n) is 3.91. The van der Waals surface area contributed by atoms with Gasteiger partial charge in [-0.05, 0) is 24.1 Å². The van der Waals surface area contributed by atoms with E-state index >= 15 is 0 Å². The molecule has 0 aromatic heterocycles. The van der Waals surface area contributed by atoms with E-state index < -0.39 is 0 Å². The minimum absolute atomic E-state index is 0.0119. The van der Waals surface area contributed by atoms with Crippen molar-refractivity contribution in [3.05, 3.63) is 29.8 Å². The van der Waals surface area contributed by atoms with Crippen LogP contribution in [0.4, 0.5) is 0 Å². The van der Waals surface area contributed by atoms with Gasteiger partial charge in [0.05, 0.1) is 7.11 Å². The number of benzene rings is 1. The highest BCUT2D eigenvalue weighted by Crippen LogP contribution is 2.12. The minimum Gasteiger partial charge on any atom is -0.497 e. The molecule has 1 rings (SSSR count). The molecule has 0 bridgehead atoms. The SMILES string of the molecule is CCC(CN)C(=O)NCc1cccc(OC)c1. The molecule has 1 atom stereocenters. The first-order valence-corrected chi connectivity index (χ1v) is 5.82. The number of rotatable bonds is 6. The smallest absolute Gasteiger partial charge is 0.224 e. The van der Waals surface area contributed by atoms with E-state index in [2.05, 4.69) is 5.32 Å². The zero-order valence-electron chi connectivity index (χ0n) is 10.4. The molecule has 94 valence electrons. The standard InChI is InChI=1S/C13H20N2O2/c1-3-11(8-14)13(16)15-9-10-5-4-6-12(7-10)17-2/h4-7,11H,3,8-9,14H2,1-2H3,(H,15,16). The summed E-state index contributed by atoms with van der Waals surface area (Å²) in [7, 11) is 1.62. The molecule has 0 fully saturated rings. The topological polar surface area (TPSA) is 64.4 Å². The van der Waals surface area contributed by atoms with Crippen LogP contribution in [-0.4, -0.2) is 19.6 Å². The lowest BCUT2D eigenvalue weighted by atomic mass is 10.1.